The van der Waals surface area contributed by atoms with E-state index in [9.17, 15) is 14.7 Å². The third-order valence-electron chi connectivity index (χ3n) is 3.18. The number of amides is 1. The Morgan fingerprint density at radius 1 is 1.23 bits per heavy atom. The fourth-order valence-electron chi connectivity index (χ4n) is 2.24. The molecule has 0 aliphatic carbocycles. The smallest absolute Gasteiger partial charge is 0.336 e. The SMILES string of the molecule is CC(=O)Nc1ccc2nc(-c3ccsc3)cc(C(=O)O)c2c1. The lowest BCUT2D eigenvalue weighted by Crippen LogP contribution is -2.06. The van der Waals surface area contributed by atoms with Crippen molar-refractivity contribution in [3.8, 4) is 11.3 Å². The Labute approximate surface area is 130 Å². The molecule has 22 heavy (non-hydrogen) atoms. The van der Waals surface area contributed by atoms with Crippen molar-refractivity contribution in [2.24, 2.45) is 0 Å². The second kappa shape index (κ2) is 5.57. The quantitative estimate of drug-likeness (QED) is 0.774. The number of fused-ring (bicyclic) bond motifs is 1. The van der Waals surface area contributed by atoms with E-state index < -0.39 is 5.97 Å². The fraction of sp³-hybridized carbons (Fsp3) is 0.0625. The van der Waals surface area contributed by atoms with Crippen LogP contribution in [0.3, 0.4) is 0 Å². The zero-order valence-corrected chi connectivity index (χ0v) is 12.5. The molecular weight excluding hydrogens is 300 g/mol. The lowest BCUT2D eigenvalue weighted by molar-refractivity contribution is -0.114. The number of pyridine rings is 1. The fourth-order valence-corrected chi connectivity index (χ4v) is 2.89. The summed E-state index contributed by atoms with van der Waals surface area (Å²) in [5.74, 6) is -1.23. The van der Waals surface area contributed by atoms with Crippen LogP contribution in [0, 0.1) is 0 Å². The van der Waals surface area contributed by atoms with E-state index in [1.807, 2.05) is 16.8 Å². The molecule has 0 atom stereocenters. The predicted molar refractivity (Wildman–Crippen MR) is 86.3 cm³/mol. The van der Waals surface area contributed by atoms with E-state index >= 15 is 0 Å². The van der Waals surface area contributed by atoms with E-state index in [1.54, 1.807) is 24.3 Å². The number of benzene rings is 1. The number of nitrogens with zero attached hydrogens (tertiary/aromatic N) is 1. The Morgan fingerprint density at radius 3 is 2.68 bits per heavy atom. The Balaban J connectivity index is 2.21. The minimum Gasteiger partial charge on any atom is -0.478 e. The molecule has 0 unspecified atom stereocenters. The summed E-state index contributed by atoms with van der Waals surface area (Å²) in [5, 5.41) is 16.5. The van der Waals surface area contributed by atoms with Crippen molar-refractivity contribution in [2.75, 3.05) is 5.32 Å². The van der Waals surface area contributed by atoms with Crippen molar-refractivity contribution in [1.82, 2.24) is 4.98 Å². The molecule has 0 fully saturated rings. The molecule has 0 aliphatic rings. The first-order valence-electron chi connectivity index (χ1n) is 6.53. The van der Waals surface area contributed by atoms with Gasteiger partial charge in [-0.25, -0.2) is 9.78 Å². The number of carboxylic acid groups (broad SMARTS) is 1. The summed E-state index contributed by atoms with van der Waals surface area (Å²) in [6.07, 6.45) is 0. The standard InChI is InChI=1S/C16H12N2O3S/c1-9(19)17-11-2-3-14-12(6-11)13(16(20)21)7-15(18-14)10-4-5-22-8-10/h2-8H,1H3,(H,17,19)(H,20,21). The van der Waals surface area contributed by atoms with Crippen molar-refractivity contribution in [1.29, 1.82) is 0 Å². The first-order chi connectivity index (χ1) is 10.5. The van der Waals surface area contributed by atoms with Gasteiger partial charge in [0, 0.05) is 28.9 Å². The number of nitrogens with one attached hydrogen (secondary N) is 1. The molecule has 0 aliphatic heterocycles. The molecule has 0 bridgehead atoms. The summed E-state index contributed by atoms with van der Waals surface area (Å²) in [7, 11) is 0. The summed E-state index contributed by atoms with van der Waals surface area (Å²) in [6, 6.07) is 8.51. The molecule has 0 saturated heterocycles. The van der Waals surface area contributed by atoms with Gasteiger partial charge in [0.15, 0.2) is 0 Å². The highest BCUT2D eigenvalue weighted by atomic mass is 32.1. The van der Waals surface area contributed by atoms with Crippen LogP contribution in [0.15, 0.2) is 41.1 Å². The number of aromatic carboxylic acids is 1. The molecule has 110 valence electrons. The molecule has 2 aromatic heterocycles. The van der Waals surface area contributed by atoms with E-state index in [4.69, 9.17) is 0 Å². The Kier molecular flexibility index (Phi) is 3.60. The molecule has 0 saturated carbocycles. The van der Waals surface area contributed by atoms with Crippen molar-refractivity contribution >= 4 is 39.8 Å². The van der Waals surface area contributed by atoms with Crippen LogP contribution in [0.25, 0.3) is 22.2 Å². The minimum absolute atomic E-state index is 0.165. The highest BCUT2D eigenvalue weighted by Gasteiger charge is 2.14. The highest BCUT2D eigenvalue weighted by molar-refractivity contribution is 7.08. The molecule has 2 N–H and O–H groups in total. The van der Waals surface area contributed by atoms with Crippen molar-refractivity contribution < 1.29 is 14.7 Å². The average Bonchev–Trinajstić information content (AvgIpc) is 2.99. The molecule has 3 aromatic rings. The molecule has 1 aromatic carbocycles. The van der Waals surface area contributed by atoms with Gasteiger partial charge in [0.2, 0.25) is 5.91 Å². The average molecular weight is 312 g/mol. The zero-order valence-electron chi connectivity index (χ0n) is 11.7. The zero-order chi connectivity index (χ0) is 15.7. The lowest BCUT2D eigenvalue weighted by atomic mass is 10.0. The Morgan fingerprint density at radius 2 is 2.05 bits per heavy atom. The second-order valence-electron chi connectivity index (χ2n) is 4.79. The van der Waals surface area contributed by atoms with Crippen molar-refractivity contribution in [2.45, 2.75) is 6.92 Å². The van der Waals surface area contributed by atoms with Crippen LogP contribution in [0.1, 0.15) is 17.3 Å². The van der Waals surface area contributed by atoms with Gasteiger partial charge in [-0.15, -0.1) is 0 Å². The number of carboxylic acids is 1. The molecule has 3 rings (SSSR count). The van der Waals surface area contributed by atoms with Crippen LogP contribution >= 0.6 is 11.3 Å². The van der Waals surface area contributed by atoms with E-state index in [1.165, 1.54) is 18.3 Å². The van der Waals surface area contributed by atoms with Crippen LogP contribution in [-0.4, -0.2) is 22.0 Å². The van der Waals surface area contributed by atoms with Crippen LogP contribution in [-0.2, 0) is 4.79 Å². The number of thiophene rings is 1. The monoisotopic (exact) mass is 312 g/mol. The Hall–Kier alpha value is -2.73. The van der Waals surface area contributed by atoms with Gasteiger partial charge in [-0.05, 0) is 35.7 Å². The molecule has 1 amide bonds. The molecule has 6 heteroatoms. The number of anilines is 1. The summed E-state index contributed by atoms with van der Waals surface area (Å²) in [6.45, 7) is 1.40. The maximum absolute atomic E-state index is 11.6. The normalized spacial score (nSPS) is 10.6. The van der Waals surface area contributed by atoms with Gasteiger partial charge in [-0.2, -0.15) is 11.3 Å². The predicted octanol–water partition coefficient (Wildman–Crippen LogP) is 3.62. The second-order valence-corrected chi connectivity index (χ2v) is 5.57. The van der Waals surface area contributed by atoms with Gasteiger partial charge in [0.05, 0.1) is 16.8 Å². The first-order valence-corrected chi connectivity index (χ1v) is 7.47. The van der Waals surface area contributed by atoms with Crippen LogP contribution in [0.2, 0.25) is 0 Å². The molecular formula is C16H12N2O3S. The van der Waals surface area contributed by atoms with Crippen molar-refractivity contribution in [3.63, 3.8) is 0 Å². The van der Waals surface area contributed by atoms with E-state index in [2.05, 4.69) is 10.3 Å². The minimum atomic E-state index is -1.02. The third-order valence-corrected chi connectivity index (χ3v) is 3.86. The Bertz CT molecular complexity index is 872. The number of hydrogen-bond donors (Lipinski definition) is 2. The molecule has 0 spiro atoms. The van der Waals surface area contributed by atoms with Gasteiger partial charge >= 0.3 is 5.97 Å². The van der Waals surface area contributed by atoms with E-state index in [0.29, 0.717) is 22.3 Å². The maximum atomic E-state index is 11.6. The van der Waals surface area contributed by atoms with Crippen LogP contribution < -0.4 is 5.32 Å². The van der Waals surface area contributed by atoms with Gasteiger partial charge < -0.3 is 10.4 Å². The summed E-state index contributed by atoms with van der Waals surface area (Å²) < 4.78 is 0. The van der Waals surface area contributed by atoms with Gasteiger partial charge in [0.25, 0.3) is 0 Å². The summed E-state index contributed by atoms with van der Waals surface area (Å²) in [4.78, 5) is 27.2. The number of carbonyl (C=O) groups is 2. The van der Waals surface area contributed by atoms with Gasteiger partial charge in [0.1, 0.15) is 0 Å². The van der Waals surface area contributed by atoms with Crippen LogP contribution in [0.5, 0.6) is 0 Å². The van der Waals surface area contributed by atoms with Gasteiger partial charge in [-0.3, -0.25) is 4.79 Å². The van der Waals surface area contributed by atoms with Crippen LogP contribution in [0.4, 0.5) is 5.69 Å². The lowest BCUT2D eigenvalue weighted by Gasteiger charge is -2.08. The van der Waals surface area contributed by atoms with E-state index in [0.717, 1.165) is 5.56 Å². The topological polar surface area (TPSA) is 79.3 Å². The largest absolute Gasteiger partial charge is 0.478 e. The highest BCUT2D eigenvalue weighted by Crippen LogP contribution is 2.28. The van der Waals surface area contributed by atoms with Crippen molar-refractivity contribution in [3.05, 3.63) is 46.7 Å². The number of hydrogen-bond acceptors (Lipinski definition) is 4. The van der Waals surface area contributed by atoms with E-state index in [-0.39, 0.29) is 11.5 Å². The number of rotatable bonds is 3. The summed E-state index contributed by atoms with van der Waals surface area (Å²) in [5.41, 5.74) is 2.81. The maximum Gasteiger partial charge on any atom is 0.336 e. The molecule has 5 nitrogen and oxygen atoms in total. The third kappa shape index (κ3) is 2.68. The molecule has 2 heterocycles. The molecule has 0 radical (unpaired) electrons. The first kappa shape index (κ1) is 14.2. The van der Waals surface area contributed by atoms with Gasteiger partial charge in [-0.1, -0.05) is 0 Å². The number of aromatic nitrogens is 1. The summed E-state index contributed by atoms with van der Waals surface area (Å²) >= 11 is 1.53. The number of carbonyl (C=O) groups excluding carboxylic acids is 1.